The van der Waals surface area contributed by atoms with Crippen molar-refractivity contribution in [3.8, 4) is 0 Å². The number of nitrogens with one attached hydrogen (secondary N) is 1. The van der Waals surface area contributed by atoms with Gasteiger partial charge in [-0.05, 0) is 49.6 Å². The van der Waals surface area contributed by atoms with Gasteiger partial charge in [-0.1, -0.05) is 0 Å². The average molecular weight is 293 g/mol. The minimum Gasteiger partial charge on any atom is -0.383 e. The van der Waals surface area contributed by atoms with Gasteiger partial charge in [-0.25, -0.2) is 4.39 Å². The molecule has 0 spiro atoms. The first-order valence-corrected chi connectivity index (χ1v) is 6.50. The molecule has 0 saturated carbocycles. The molecule has 6 heteroatoms. The summed E-state index contributed by atoms with van der Waals surface area (Å²) in [6.07, 6.45) is -2.53. The minimum atomic E-state index is -4.50. The first-order chi connectivity index (χ1) is 9.43. The Bertz CT molecular complexity index is 407. The molecule has 1 rings (SSSR count). The zero-order valence-electron chi connectivity index (χ0n) is 11.4. The van der Waals surface area contributed by atoms with Gasteiger partial charge in [0.05, 0.1) is 12.2 Å². The first-order valence-electron chi connectivity index (χ1n) is 6.50. The Morgan fingerprint density at radius 2 is 1.85 bits per heavy atom. The third-order valence-electron chi connectivity index (χ3n) is 2.84. The number of rotatable bonds is 8. The fourth-order valence-electron chi connectivity index (χ4n) is 1.84. The van der Waals surface area contributed by atoms with E-state index in [0.717, 1.165) is 31.6 Å². The summed E-state index contributed by atoms with van der Waals surface area (Å²) in [7, 11) is 1.61. The van der Waals surface area contributed by atoms with E-state index in [9.17, 15) is 17.6 Å². The fraction of sp³-hybridized carbons (Fsp3) is 0.571. The molecule has 1 aromatic carbocycles. The SMILES string of the molecule is COCCNCCCCc1cc(F)cc(C(F)(F)F)c1. The van der Waals surface area contributed by atoms with Gasteiger partial charge < -0.3 is 10.1 Å². The lowest BCUT2D eigenvalue weighted by atomic mass is 10.0. The highest BCUT2D eigenvalue weighted by Gasteiger charge is 2.31. The summed E-state index contributed by atoms with van der Waals surface area (Å²) in [4.78, 5) is 0. The number of halogens is 4. The number of hydrogen-bond donors (Lipinski definition) is 1. The normalized spacial score (nSPS) is 11.8. The van der Waals surface area contributed by atoms with Gasteiger partial charge in [-0.15, -0.1) is 0 Å². The van der Waals surface area contributed by atoms with Crippen LogP contribution in [0.25, 0.3) is 0 Å². The van der Waals surface area contributed by atoms with E-state index in [4.69, 9.17) is 4.74 Å². The third kappa shape index (κ3) is 6.34. The molecular formula is C14H19F4NO. The van der Waals surface area contributed by atoms with Crippen LogP contribution >= 0.6 is 0 Å². The van der Waals surface area contributed by atoms with Crippen LogP contribution in [-0.4, -0.2) is 26.8 Å². The molecule has 0 unspecified atom stereocenters. The van der Waals surface area contributed by atoms with Crippen molar-refractivity contribution < 1.29 is 22.3 Å². The van der Waals surface area contributed by atoms with Gasteiger partial charge >= 0.3 is 6.18 Å². The molecule has 0 aliphatic heterocycles. The molecule has 114 valence electrons. The largest absolute Gasteiger partial charge is 0.416 e. The highest BCUT2D eigenvalue weighted by molar-refractivity contribution is 5.26. The Balaban J connectivity index is 2.39. The van der Waals surface area contributed by atoms with E-state index in [0.29, 0.717) is 31.1 Å². The van der Waals surface area contributed by atoms with Crippen LogP contribution in [0.2, 0.25) is 0 Å². The number of benzene rings is 1. The molecule has 0 aliphatic carbocycles. The maximum Gasteiger partial charge on any atom is 0.416 e. The molecule has 0 radical (unpaired) electrons. The maximum absolute atomic E-state index is 13.1. The lowest BCUT2D eigenvalue weighted by Gasteiger charge is -2.09. The Hall–Kier alpha value is -1.14. The lowest BCUT2D eigenvalue weighted by molar-refractivity contribution is -0.137. The number of methoxy groups -OCH3 is 1. The summed E-state index contributed by atoms with van der Waals surface area (Å²) >= 11 is 0. The zero-order chi connectivity index (χ0) is 15.0. The van der Waals surface area contributed by atoms with Gasteiger partial charge in [0.15, 0.2) is 0 Å². The van der Waals surface area contributed by atoms with E-state index in [2.05, 4.69) is 5.32 Å². The standard InChI is InChI=1S/C14H19F4NO/c1-20-7-6-19-5-3-2-4-11-8-12(14(16,17)18)10-13(15)9-11/h8-10,19H,2-7H2,1H3. The topological polar surface area (TPSA) is 21.3 Å². The van der Waals surface area contributed by atoms with E-state index in [1.165, 1.54) is 0 Å². The van der Waals surface area contributed by atoms with Gasteiger partial charge in [0.2, 0.25) is 0 Å². The summed E-state index contributed by atoms with van der Waals surface area (Å²) in [5, 5.41) is 3.14. The molecule has 0 bridgehead atoms. The number of aryl methyl sites for hydroxylation is 1. The smallest absolute Gasteiger partial charge is 0.383 e. The summed E-state index contributed by atoms with van der Waals surface area (Å²) in [5.74, 6) is -0.840. The van der Waals surface area contributed by atoms with Gasteiger partial charge in [-0.3, -0.25) is 0 Å². The van der Waals surface area contributed by atoms with Crippen LogP contribution in [-0.2, 0) is 17.3 Å². The minimum absolute atomic E-state index is 0.384. The van der Waals surface area contributed by atoms with E-state index >= 15 is 0 Å². The predicted octanol–water partition coefficient (Wildman–Crippen LogP) is 3.40. The van der Waals surface area contributed by atoms with E-state index in [1.807, 2.05) is 0 Å². The first kappa shape index (κ1) is 16.9. The Labute approximate surface area is 116 Å². The predicted molar refractivity (Wildman–Crippen MR) is 69.1 cm³/mol. The van der Waals surface area contributed by atoms with Crippen LogP contribution in [0.4, 0.5) is 17.6 Å². The quantitative estimate of drug-likeness (QED) is 0.586. The van der Waals surface area contributed by atoms with Crippen LogP contribution in [0, 0.1) is 5.82 Å². The zero-order valence-corrected chi connectivity index (χ0v) is 11.4. The number of alkyl halides is 3. The van der Waals surface area contributed by atoms with Crippen LogP contribution in [0.15, 0.2) is 18.2 Å². The summed E-state index contributed by atoms with van der Waals surface area (Å²) < 4.78 is 55.6. The Morgan fingerprint density at radius 1 is 1.10 bits per heavy atom. The van der Waals surface area contributed by atoms with E-state index < -0.39 is 17.6 Å². The molecule has 2 nitrogen and oxygen atoms in total. The van der Waals surface area contributed by atoms with Crippen LogP contribution in [0.1, 0.15) is 24.0 Å². The second-order valence-corrected chi connectivity index (χ2v) is 4.55. The summed E-state index contributed by atoms with van der Waals surface area (Å²) in [6.45, 7) is 2.14. The third-order valence-corrected chi connectivity index (χ3v) is 2.84. The van der Waals surface area contributed by atoms with Crippen molar-refractivity contribution in [2.75, 3.05) is 26.8 Å². The molecule has 0 atom stereocenters. The molecule has 0 heterocycles. The summed E-state index contributed by atoms with van der Waals surface area (Å²) in [5.41, 5.74) is -0.542. The van der Waals surface area contributed by atoms with E-state index in [1.54, 1.807) is 7.11 Å². The van der Waals surface area contributed by atoms with Crippen molar-refractivity contribution in [1.29, 1.82) is 0 Å². The molecule has 0 aromatic heterocycles. The Kier molecular flexibility index (Phi) is 6.95. The van der Waals surface area contributed by atoms with Crippen LogP contribution in [0.3, 0.4) is 0 Å². The van der Waals surface area contributed by atoms with Crippen molar-refractivity contribution in [3.63, 3.8) is 0 Å². The molecule has 20 heavy (non-hydrogen) atoms. The molecular weight excluding hydrogens is 274 g/mol. The molecule has 0 saturated heterocycles. The van der Waals surface area contributed by atoms with Gasteiger partial charge in [0.1, 0.15) is 5.82 Å². The number of unbranched alkanes of at least 4 members (excludes halogenated alkanes) is 1. The molecule has 1 N–H and O–H groups in total. The van der Waals surface area contributed by atoms with Crippen molar-refractivity contribution in [2.45, 2.75) is 25.4 Å². The highest BCUT2D eigenvalue weighted by atomic mass is 19.4. The Morgan fingerprint density at radius 3 is 2.50 bits per heavy atom. The van der Waals surface area contributed by atoms with Crippen molar-refractivity contribution in [1.82, 2.24) is 5.32 Å². The average Bonchev–Trinajstić information content (AvgIpc) is 2.36. The van der Waals surface area contributed by atoms with Crippen molar-refractivity contribution in [2.24, 2.45) is 0 Å². The molecule has 0 amide bonds. The number of ether oxygens (including phenoxy) is 1. The fourth-order valence-corrected chi connectivity index (χ4v) is 1.84. The number of hydrogen-bond acceptors (Lipinski definition) is 2. The second kappa shape index (κ2) is 8.21. The van der Waals surface area contributed by atoms with Gasteiger partial charge in [-0.2, -0.15) is 13.2 Å². The molecule has 0 fully saturated rings. The van der Waals surface area contributed by atoms with Crippen molar-refractivity contribution in [3.05, 3.63) is 35.1 Å². The highest BCUT2D eigenvalue weighted by Crippen LogP contribution is 2.30. The second-order valence-electron chi connectivity index (χ2n) is 4.55. The lowest BCUT2D eigenvalue weighted by Crippen LogP contribution is -2.20. The van der Waals surface area contributed by atoms with E-state index in [-0.39, 0.29) is 0 Å². The van der Waals surface area contributed by atoms with Crippen LogP contribution < -0.4 is 5.32 Å². The van der Waals surface area contributed by atoms with Gasteiger partial charge in [0, 0.05) is 13.7 Å². The van der Waals surface area contributed by atoms with Crippen LogP contribution in [0.5, 0.6) is 0 Å². The maximum atomic E-state index is 13.1. The summed E-state index contributed by atoms with van der Waals surface area (Å²) in [6, 6.07) is 2.70. The monoisotopic (exact) mass is 293 g/mol. The molecule has 1 aromatic rings. The van der Waals surface area contributed by atoms with Crippen molar-refractivity contribution >= 4 is 0 Å². The van der Waals surface area contributed by atoms with Gasteiger partial charge in [0.25, 0.3) is 0 Å². The molecule has 0 aliphatic rings.